The van der Waals surface area contributed by atoms with Gasteiger partial charge in [-0.3, -0.25) is 0 Å². The molecule has 1 fully saturated rings. The summed E-state index contributed by atoms with van der Waals surface area (Å²) >= 11 is 0. The highest BCUT2D eigenvalue weighted by molar-refractivity contribution is 5.18. The summed E-state index contributed by atoms with van der Waals surface area (Å²) in [4.78, 5) is 0. The maximum absolute atomic E-state index is 3.45. The monoisotopic (exact) mass is 146 g/mol. The van der Waals surface area contributed by atoms with Crippen LogP contribution in [0.4, 0.5) is 0 Å². The average molecular weight is 146 g/mol. The predicted molar refractivity (Wildman–Crippen MR) is 45.3 cm³/mol. The molecule has 1 heterocycles. The second kappa shape index (κ2) is 3.05. The topological polar surface area (TPSA) is 12.0 Å². The van der Waals surface area contributed by atoms with Gasteiger partial charge in [-0.05, 0) is 37.1 Å². The lowest BCUT2D eigenvalue weighted by Crippen LogP contribution is -2.12. The molecular formula is C10H12N. The lowest BCUT2D eigenvalue weighted by atomic mass is 10.1. The van der Waals surface area contributed by atoms with E-state index in [1.54, 1.807) is 0 Å². The number of rotatable bonds is 1. The van der Waals surface area contributed by atoms with Crippen LogP contribution in [0.15, 0.2) is 24.3 Å². The third-order valence-electron chi connectivity index (χ3n) is 2.19. The first-order valence-corrected chi connectivity index (χ1v) is 4.16. The predicted octanol–water partition coefficient (Wildman–Crippen LogP) is 1.91. The Hall–Kier alpha value is -0.820. The van der Waals surface area contributed by atoms with Crippen molar-refractivity contribution in [2.75, 3.05) is 6.54 Å². The number of benzene rings is 1. The minimum absolute atomic E-state index is 0.590. The van der Waals surface area contributed by atoms with E-state index >= 15 is 0 Å². The minimum Gasteiger partial charge on any atom is -0.310 e. The molecule has 11 heavy (non-hydrogen) atoms. The normalized spacial score (nSPS) is 23.8. The van der Waals surface area contributed by atoms with Crippen LogP contribution >= 0.6 is 0 Å². The van der Waals surface area contributed by atoms with Gasteiger partial charge in [0, 0.05) is 6.04 Å². The van der Waals surface area contributed by atoms with E-state index in [0.29, 0.717) is 6.04 Å². The van der Waals surface area contributed by atoms with Gasteiger partial charge in [0.05, 0.1) is 0 Å². The Morgan fingerprint density at radius 1 is 1.55 bits per heavy atom. The second-order valence-corrected chi connectivity index (χ2v) is 2.99. The molecule has 1 atom stereocenters. The van der Waals surface area contributed by atoms with Gasteiger partial charge < -0.3 is 5.32 Å². The van der Waals surface area contributed by atoms with Gasteiger partial charge in [-0.25, -0.2) is 0 Å². The Bertz CT molecular complexity index is 212. The third-order valence-corrected chi connectivity index (χ3v) is 2.19. The Labute approximate surface area is 67.4 Å². The highest BCUT2D eigenvalue weighted by Gasteiger charge is 2.14. The van der Waals surface area contributed by atoms with Gasteiger partial charge in [-0.1, -0.05) is 18.2 Å². The number of hydrogen-bond acceptors (Lipinski definition) is 1. The summed E-state index contributed by atoms with van der Waals surface area (Å²) in [5, 5.41) is 3.45. The van der Waals surface area contributed by atoms with Crippen LogP contribution < -0.4 is 5.32 Å². The molecule has 0 bridgehead atoms. The molecule has 0 aliphatic carbocycles. The van der Waals surface area contributed by atoms with Crippen molar-refractivity contribution in [3.8, 4) is 0 Å². The fourth-order valence-electron chi connectivity index (χ4n) is 1.59. The van der Waals surface area contributed by atoms with Crippen molar-refractivity contribution in [3.05, 3.63) is 35.9 Å². The number of hydrogen-bond donors (Lipinski definition) is 1. The Morgan fingerprint density at radius 3 is 3.18 bits per heavy atom. The SMILES string of the molecule is [c]1cccc([C@@H]2CCCN2)c1. The summed E-state index contributed by atoms with van der Waals surface area (Å²) in [5.41, 5.74) is 1.38. The van der Waals surface area contributed by atoms with E-state index in [2.05, 4.69) is 29.6 Å². The van der Waals surface area contributed by atoms with Crippen LogP contribution in [0.25, 0.3) is 0 Å². The molecule has 1 aromatic carbocycles. The highest BCUT2D eigenvalue weighted by atomic mass is 14.9. The maximum atomic E-state index is 3.45. The standard InChI is InChI=1S/C10H12N/c1-2-5-9(6-3-1)10-7-4-8-11-10/h1-2,5-6,10-11H,4,7-8H2/t10-/m0/s1. The molecule has 57 valence electrons. The minimum atomic E-state index is 0.590. The van der Waals surface area contributed by atoms with Crippen molar-refractivity contribution < 1.29 is 0 Å². The van der Waals surface area contributed by atoms with Gasteiger partial charge >= 0.3 is 0 Å². The molecule has 1 heteroatoms. The van der Waals surface area contributed by atoms with Crippen molar-refractivity contribution in [1.82, 2.24) is 5.32 Å². The fourth-order valence-corrected chi connectivity index (χ4v) is 1.59. The first-order chi connectivity index (χ1) is 5.47. The van der Waals surface area contributed by atoms with Gasteiger partial charge in [0.15, 0.2) is 0 Å². The second-order valence-electron chi connectivity index (χ2n) is 2.99. The summed E-state index contributed by atoms with van der Waals surface area (Å²) in [6.45, 7) is 1.17. The van der Waals surface area contributed by atoms with Crippen molar-refractivity contribution >= 4 is 0 Å². The van der Waals surface area contributed by atoms with E-state index in [4.69, 9.17) is 0 Å². The zero-order valence-electron chi connectivity index (χ0n) is 6.51. The van der Waals surface area contributed by atoms with Gasteiger partial charge in [-0.2, -0.15) is 0 Å². The van der Waals surface area contributed by atoms with E-state index < -0.39 is 0 Å². The smallest absolute Gasteiger partial charge is 0.0320 e. The van der Waals surface area contributed by atoms with Crippen molar-refractivity contribution in [2.45, 2.75) is 18.9 Å². The Balaban J connectivity index is 2.16. The van der Waals surface area contributed by atoms with Crippen molar-refractivity contribution in [3.63, 3.8) is 0 Å². The van der Waals surface area contributed by atoms with Gasteiger partial charge in [0.1, 0.15) is 0 Å². The Kier molecular flexibility index (Phi) is 1.91. The van der Waals surface area contributed by atoms with Gasteiger partial charge in [-0.15, -0.1) is 0 Å². The fraction of sp³-hybridized carbons (Fsp3) is 0.400. The van der Waals surface area contributed by atoms with Crippen LogP contribution in [-0.2, 0) is 0 Å². The molecule has 0 saturated carbocycles. The van der Waals surface area contributed by atoms with Crippen LogP contribution in [0.2, 0.25) is 0 Å². The molecule has 1 aliphatic heterocycles. The first-order valence-electron chi connectivity index (χ1n) is 4.16. The zero-order valence-corrected chi connectivity index (χ0v) is 6.51. The maximum Gasteiger partial charge on any atom is 0.0320 e. The summed E-state index contributed by atoms with van der Waals surface area (Å²) < 4.78 is 0. The molecule has 2 rings (SSSR count). The highest BCUT2D eigenvalue weighted by Crippen LogP contribution is 2.21. The van der Waals surface area contributed by atoms with E-state index in [0.717, 1.165) is 0 Å². The Morgan fingerprint density at radius 2 is 2.55 bits per heavy atom. The van der Waals surface area contributed by atoms with Gasteiger partial charge in [0.25, 0.3) is 0 Å². The van der Waals surface area contributed by atoms with E-state index in [-0.39, 0.29) is 0 Å². The quantitative estimate of drug-likeness (QED) is 0.638. The van der Waals surface area contributed by atoms with Crippen LogP contribution in [0, 0.1) is 6.07 Å². The summed E-state index contributed by atoms with van der Waals surface area (Å²) in [6.07, 6.45) is 2.58. The molecule has 1 aromatic rings. The molecule has 0 amide bonds. The molecule has 1 saturated heterocycles. The van der Waals surface area contributed by atoms with Crippen molar-refractivity contribution in [2.24, 2.45) is 0 Å². The van der Waals surface area contributed by atoms with Crippen LogP contribution in [0.5, 0.6) is 0 Å². The molecule has 0 spiro atoms. The lowest BCUT2D eigenvalue weighted by molar-refractivity contribution is 0.648. The molecule has 0 aromatic heterocycles. The summed E-state index contributed by atoms with van der Waals surface area (Å²) in [6, 6.07) is 11.9. The molecule has 1 N–H and O–H groups in total. The average Bonchev–Trinajstić information content (AvgIpc) is 2.58. The van der Waals surface area contributed by atoms with Gasteiger partial charge in [0.2, 0.25) is 0 Å². The summed E-state index contributed by atoms with van der Waals surface area (Å²) in [7, 11) is 0. The first kappa shape index (κ1) is 6.86. The van der Waals surface area contributed by atoms with Crippen molar-refractivity contribution in [1.29, 1.82) is 0 Å². The van der Waals surface area contributed by atoms with E-state index in [1.807, 2.05) is 6.07 Å². The van der Waals surface area contributed by atoms with Crippen LogP contribution in [0.3, 0.4) is 0 Å². The molecule has 0 unspecified atom stereocenters. The van der Waals surface area contributed by atoms with E-state index in [9.17, 15) is 0 Å². The molecule has 1 radical (unpaired) electrons. The molecule has 1 aliphatic rings. The molecule has 1 nitrogen and oxygen atoms in total. The zero-order chi connectivity index (χ0) is 7.52. The largest absolute Gasteiger partial charge is 0.310 e. The summed E-state index contributed by atoms with van der Waals surface area (Å²) in [5.74, 6) is 0. The molecular weight excluding hydrogens is 134 g/mol. The van der Waals surface area contributed by atoms with Crippen LogP contribution in [-0.4, -0.2) is 6.54 Å². The van der Waals surface area contributed by atoms with E-state index in [1.165, 1.54) is 24.9 Å². The van der Waals surface area contributed by atoms with Crippen LogP contribution in [0.1, 0.15) is 24.4 Å². The number of nitrogens with one attached hydrogen (secondary N) is 1. The third kappa shape index (κ3) is 1.43. The lowest BCUT2D eigenvalue weighted by Gasteiger charge is -2.08.